The molecule has 1 nitrogen and oxygen atoms in total. The maximum absolute atomic E-state index is 5.70. The van der Waals surface area contributed by atoms with E-state index in [-0.39, 0.29) is 0 Å². The topological polar surface area (TPSA) is 12.9 Å². The molecule has 1 heterocycles. The minimum absolute atomic E-state index is 0.788. The van der Waals surface area contributed by atoms with Gasteiger partial charge in [0, 0.05) is 21.9 Å². The van der Waals surface area contributed by atoms with Gasteiger partial charge in [-0.2, -0.15) is 0 Å². The highest BCUT2D eigenvalue weighted by Gasteiger charge is 1.92. The number of benzene rings is 1. The summed E-state index contributed by atoms with van der Waals surface area (Å²) in [5, 5.41) is 0.788. The molecule has 0 fully saturated rings. The molecule has 0 aliphatic carbocycles. The number of hydrogen-bond acceptors (Lipinski definition) is 1. The van der Waals surface area contributed by atoms with E-state index < -0.39 is 0 Å². The highest BCUT2D eigenvalue weighted by atomic mass is 79.9. The maximum atomic E-state index is 5.70. The normalized spacial score (nSPS) is 9.00. The molecule has 1 aromatic carbocycles. The molecule has 15 heavy (non-hydrogen) atoms. The van der Waals surface area contributed by atoms with Crippen molar-refractivity contribution < 1.29 is 0 Å². The van der Waals surface area contributed by atoms with Crippen LogP contribution in [0.5, 0.6) is 0 Å². The maximum Gasteiger partial charge on any atom is 0.0409 e. The number of pyridine rings is 1. The van der Waals surface area contributed by atoms with E-state index in [2.05, 4.69) is 20.9 Å². The van der Waals surface area contributed by atoms with Crippen LogP contribution in [0.2, 0.25) is 5.02 Å². The summed E-state index contributed by atoms with van der Waals surface area (Å²) in [6, 6.07) is 11.4. The second-order valence-electron chi connectivity index (χ2n) is 2.92. The summed E-state index contributed by atoms with van der Waals surface area (Å²) < 4.78 is 1.10. The van der Waals surface area contributed by atoms with Crippen LogP contribution in [0.15, 0.2) is 53.3 Å². The van der Waals surface area contributed by atoms with Crippen molar-refractivity contribution in [3.8, 4) is 0 Å². The van der Waals surface area contributed by atoms with Gasteiger partial charge in [0.2, 0.25) is 0 Å². The smallest absolute Gasteiger partial charge is 0.0409 e. The predicted molar refractivity (Wildman–Crippen MR) is 68.1 cm³/mol. The second-order valence-corrected chi connectivity index (χ2v) is 4.21. The molecule has 0 atom stereocenters. The molecule has 0 amide bonds. The van der Waals surface area contributed by atoms with Gasteiger partial charge in [-0.1, -0.05) is 33.6 Å². The summed E-state index contributed by atoms with van der Waals surface area (Å²) in [7, 11) is 0. The van der Waals surface area contributed by atoms with E-state index in [1.807, 2.05) is 43.3 Å². The van der Waals surface area contributed by atoms with Gasteiger partial charge in [-0.05, 0) is 42.8 Å². The molecular weight excluding hydrogens is 273 g/mol. The molecule has 0 aliphatic heterocycles. The molecule has 0 aliphatic rings. The highest BCUT2D eigenvalue weighted by molar-refractivity contribution is 9.10. The van der Waals surface area contributed by atoms with E-state index in [1.54, 1.807) is 12.4 Å². The van der Waals surface area contributed by atoms with Crippen LogP contribution in [0.4, 0.5) is 0 Å². The third-order valence-electron chi connectivity index (χ3n) is 1.69. The molecule has 1 aromatic heterocycles. The van der Waals surface area contributed by atoms with Crippen molar-refractivity contribution in [1.29, 1.82) is 0 Å². The first-order valence-electron chi connectivity index (χ1n) is 4.47. The van der Waals surface area contributed by atoms with E-state index in [0.717, 1.165) is 9.50 Å². The highest BCUT2D eigenvalue weighted by Crippen LogP contribution is 2.19. The minimum Gasteiger partial charge on any atom is -0.265 e. The van der Waals surface area contributed by atoms with Gasteiger partial charge in [0.25, 0.3) is 0 Å². The van der Waals surface area contributed by atoms with Gasteiger partial charge in [0.05, 0.1) is 0 Å². The van der Waals surface area contributed by atoms with Crippen LogP contribution < -0.4 is 0 Å². The molecular formula is C12H11BrClN. The van der Waals surface area contributed by atoms with Gasteiger partial charge >= 0.3 is 0 Å². The fourth-order valence-electron chi connectivity index (χ4n) is 0.921. The van der Waals surface area contributed by atoms with E-state index in [1.165, 1.54) is 5.56 Å². The van der Waals surface area contributed by atoms with Crippen molar-refractivity contribution >= 4 is 27.5 Å². The minimum atomic E-state index is 0.788. The van der Waals surface area contributed by atoms with Crippen LogP contribution in [-0.4, -0.2) is 4.98 Å². The fourth-order valence-corrected chi connectivity index (χ4v) is 1.39. The van der Waals surface area contributed by atoms with Crippen molar-refractivity contribution in [1.82, 2.24) is 4.98 Å². The first-order valence-corrected chi connectivity index (χ1v) is 5.64. The standard InChI is InChI=1S/C7H6BrCl.C5H5N/c1-5-4-6(9)2-3-7(5)8;1-2-4-6-5-3-1/h2-4H,1H3;1-5H. The molecule has 0 saturated heterocycles. The average Bonchev–Trinajstić information content (AvgIpc) is 2.27. The Morgan fingerprint density at radius 1 is 1.13 bits per heavy atom. The van der Waals surface area contributed by atoms with Gasteiger partial charge < -0.3 is 0 Å². The fraction of sp³-hybridized carbons (Fsp3) is 0.0833. The van der Waals surface area contributed by atoms with Crippen LogP contribution in [0, 0.1) is 6.92 Å². The summed E-state index contributed by atoms with van der Waals surface area (Å²) in [6.45, 7) is 2.01. The number of aryl methyl sites for hydroxylation is 1. The molecule has 0 saturated carbocycles. The van der Waals surface area contributed by atoms with Gasteiger partial charge in [-0.3, -0.25) is 4.98 Å². The zero-order valence-corrected chi connectivity index (χ0v) is 10.7. The zero-order valence-electron chi connectivity index (χ0n) is 8.32. The van der Waals surface area contributed by atoms with Crippen molar-refractivity contribution in [2.24, 2.45) is 0 Å². The van der Waals surface area contributed by atoms with Crippen molar-refractivity contribution in [3.63, 3.8) is 0 Å². The summed E-state index contributed by atoms with van der Waals surface area (Å²) in [5.41, 5.74) is 1.17. The van der Waals surface area contributed by atoms with E-state index in [4.69, 9.17) is 11.6 Å². The lowest BCUT2D eigenvalue weighted by molar-refractivity contribution is 1.33. The Labute approximate surface area is 103 Å². The molecule has 2 aromatic rings. The molecule has 2 rings (SSSR count). The lowest BCUT2D eigenvalue weighted by atomic mass is 10.2. The molecule has 0 bridgehead atoms. The largest absolute Gasteiger partial charge is 0.265 e. The lowest BCUT2D eigenvalue weighted by Gasteiger charge is -1.95. The zero-order chi connectivity index (χ0) is 11.1. The van der Waals surface area contributed by atoms with Crippen LogP contribution in [0.3, 0.4) is 0 Å². The number of nitrogens with zero attached hydrogens (tertiary/aromatic N) is 1. The third kappa shape index (κ3) is 4.96. The lowest BCUT2D eigenvalue weighted by Crippen LogP contribution is -1.72. The van der Waals surface area contributed by atoms with Gasteiger partial charge in [0.15, 0.2) is 0 Å². The Kier molecular flexibility index (Phi) is 5.37. The van der Waals surface area contributed by atoms with E-state index >= 15 is 0 Å². The molecule has 0 N–H and O–H groups in total. The number of rotatable bonds is 0. The van der Waals surface area contributed by atoms with Crippen molar-refractivity contribution in [3.05, 3.63) is 63.9 Å². The molecule has 0 spiro atoms. The van der Waals surface area contributed by atoms with Crippen molar-refractivity contribution in [2.45, 2.75) is 6.92 Å². The molecule has 3 heteroatoms. The second kappa shape index (κ2) is 6.59. The van der Waals surface area contributed by atoms with Crippen LogP contribution in [0.25, 0.3) is 0 Å². The van der Waals surface area contributed by atoms with Crippen LogP contribution in [0.1, 0.15) is 5.56 Å². The quantitative estimate of drug-likeness (QED) is 0.694. The number of aromatic nitrogens is 1. The first-order chi connectivity index (χ1) is 7.20. The Morgan fingerprint density at radius 2 is 1.80 bits per heavy atom. The van der Waals surface area contributed by atoms with Gasteiger partial charge in [-0.25, -0.2) is 0 Å². The molecule has 78 valence electrons. The summed E-state index contributed by atoms with van der Waals surface area (Å²) in [5.74, 6) is 0. The van der Waals surface area contributed by atoms with Crippen LogP contribution >= 0.6 is 27.5 Å². The average molecular weight is 285 g/mol. The summed E-state index contributed by atoms with van der Waals surface area (Å²) in [4.78, 5) is 3.78. The number of halogens is 2. The molecule has 0 unspecified atom stereocenters. The predicted octanol–water partition coefficient (Wildman–Crippen LogP) is 4.49. The van der Waals surface area contributed by atoms with E-state index in [9.17, 15) is 0 Å². The van der Waals surface area contributed by atoms with E-state index in [0.29, 0.717) is 0 Å². The van der Waals surface area contributed by atoms with Gasteiger partial charge in [0.1, 0.15) is 0 Å². The summed E-state index contributed by atoms with van der Waals surface area (Å²) in [6.07, 6.45) is 3.50. The Hall–Kier alpha value is -0.860. The third-order valence-corrected chi connectivity index (χ3v) is 2.81. The van der Waals surface area contributed by atoms with Crippen LogP contribution in [-0.2, 0) is 0 Å². The number of hydrogen-bond donors (Lipinski definition) is 0. The first kappa shape index (κ1) is 12.2. The molecule has 0 radical (unpaired) electrons. The van der Waals surface area contributed by atoms with Crippen molar-refractivity contribution in [2.75, 3.05) is 0 Å². The monoisotopic (exact) mass is 283 g/mol. The Morgan fingerprint density at radius 3 is 2.13 bits per heavy atom. The van der Waals surface area contributed by atoms with Gasteiger partial charge in [-0.15, -0.1) is 0 Å². The Bertz CT molecular complexity index is 377. The SMILES string of the molecule is Cc1cc(Cl)ccc1Br.c1ccncc1. The Balaban J connectivity index is 0.000000162. The summed E-state index contributed by atoms with van der Waals surface area (Å²) >= 11 is 9.07.